The molecule has 0 amide bonds. The average Bonchev–Trinajstić information content (AvgIpc) is 2.28. The van der Waals surface area contributed by atoms with E-state index in [0.29, 0.717) is 17.6 Å². The summed E-state index contributed by atoms with van der Waals surface area (Å²) in [6.45, 7) is 2.06. The molecule has 1 aromatic carbocycles. The molecular formula is C12H10FNO2. The number of ether oxygens (including phenoxy) is 1. The van der Waals surface area contributed by atoms with Crippen LogP contribution >= 0.6 is 0 Å². The van der Waals surface area contributed by atoms with E-state index >= 15 is 0 Å². The van der Waals surface area contributed by atoms with Crippen LogP contribution in [0.15, 0.2) is 30.5 Å². The van der Waals surface area contributed by atoms with E-state index in [0.717, 1.165) is 5.39 Å². The van der Waals surface area contributed by atoms with Crippen LogP contribution in [0, 0.1) is 5.95 Å². The summed E-state index contributed by atoms with van der Waals surface area (Å²) >= 11 is 0. The van der Waals surface area contributed by atoms with Crippen LogP contribution in [0.3, 0.4) is 0 Å². The highest BCUT2D eigenvalue weighted by Gasteiger charge is 2.07. The molecule has 0 saturated heterocycles. The number of hydrogen-bond acceptors (Lipinski definition) is 3. The van der Waals surface area contributed by atoms with Crippen molar-refractivity contribution in [3.05, 3.63) is 42.0 Å². The van der Waals surface area contributed by atoms with Gasteiger partial charge in [0, 0.05) is 17.6 Å². The van der Waals surface area contributed by atoms with Crippen LogP contribution in [0.2, 0.25) is 0 Å². The second-order valence-electron chi connectivity index (χ2n) is 3.29. The first kappa shape index (κ1) is 10.5. The predicted octanol–water partition coefficient (Wildman–Crippen LogP) is 2.55. The molecule has 0 fully saturated rings. The molecule has 0 unspecified atom stereocenters. The molecular weight excluding hydrogens is 209 g/mol. The summed E-state index contributed by atoms with van der Waals surface area (Å²) in [6, 6.07) is 6.24. The van der Waals surface area contributed by atoms with Gasteiger partial charge in [-0.2, -0.15) is 4.39 Å². The minimum atomic E-state index is -0.562. The van der Waals surface area contributed by atoms with Crippen molar-refractivity contribution in [3.63, 3.8) is 0 Å². The maximum absolute atomic E-state index is 12.9. The summed E-state index contributed by atoms with van der Waals surface area (Å²) in [6.07, 6.45) is 1.43. The maximum Gasteiger partial charge on any atom is 0.338 e. The molecule has 2 aromatic rings. The smallest absolute Gasteiger partial charge is 0.338 e. The fraction of sp³-hybridized carbons (Fsp3) is 0.167. The zero-order valence-electron chi connectivity index (χ0n) is 8.74. The van der Waals surface area contributed by atoms with Gasteiger partial charge in [-0.05, 0) is 24.4 Å². The second kappa shape index (κ2) is 4.26. The Balaban J connectivity index is 2.46. The normalized spacial score (nSPS) is 10.4. The summed E-state index contributed by atoms with van der Waals surface area (Å²) in [7, 11) is 0. The first-order valence-corrected chi connectivity index (χ1v) is 4.93. The van der Waals surface area contributed by atoms with Gasteiger partial charge in [0.2, 0.25) is 5.95 Å². The lowest BCUT2D eigenvalue weighted by Crippen LogP contribution is -2.04. The van der Waals surface area contributed by atoms with Crippen LogP contribution in [0.5, 0.6) is 0 Å². The van der Waals surface area contributed by atoms with Gasteiger partial charge in [0.05, 0.1) is 12.2 Å². The van der Waals surface area contributed by atoms with Crippen LogP contribution in [-0.2, 0) is 4.74 Å². The SMILES string of the molecule is CCOC(=O)c1ccc2cnc(F)cc2c1. The van der Waals surface area contributed by atoms with Gasteiger partial charge in [-0.3, -0.25) is 0 Å². The Kier molecular flexibility index (Phi) is 2.81. The van der Waals surface area contributed by atoms with Crippen molar-refractivity contribution in [2.45, 2.75) is 6.92 Å². The van der Waals surface area contributed by atoms with Crippen molar-refractivity contribution >= 4 is 16.7 Å². The molecule has 0 bridgehead atoms. The first-order valence-electron chi connectivity index (χ1n) is 4.93. The molecule has 1 heterocycles. The summed E-state index contributed by atoms with van der Waals surface area (Å²) < 4.78 is 17.7. The monoisotopic (exact) mass is 219 g/mol. The van der Waals surface area contributed by atoms with Crippen molar-refractivity contribution in [1.29, 1.82) is 0 Å². The van der Waals surface area contributed by atoms with Gasteiger partial charge in [0.1, 0.15) is 0 Å². The van der Waals surface area contributed by atoms with Crippen LogP contribution in [0.25, 0.3) is 10.8 Å². The number of esters is 1. The van der Waals surface area contributed by atoms with E-state index in [4.69, 9.17) is 4.74 Å². The van der Waals surface area contributed by atoms with Gasteiger partial charge in [0.25, 0.3) is 0 Å². The number of carbonyl (C=O) groups excluding carboxylic acids is 1. The van der Waals surface area contributed by atoms with E-state index in [1.165, 1.54) is 12.3 Å². The molecule has 2 rings (SSSR count). The van der Waals surface area contributed by atoms with Crippen LogP contribution < -0.4 is 0 Å². The highest BCUT2D eigenvalue weighted by atomic mass is 19.1. The number of benzene rings is 1. The third-order valence-corrected chi connectivity index (χ3v) is 2.20. The molecule has 0 aliphatic heterocycles. The van der Waals surface area contributed by atoms with E-state index in [-0.39, 0.29) is 0 Å². The minimum absolute atomic E-state index is 0.321. The molecule has 0 N–H and O–H groups in total. The maximum atomic E-state index is 12.9. The van der Waals surface area contributed by atoms with Crippen molar-refractivity contribution in [2.75, 3.05) is 6.61 Å². The molecule has 0 atom stereocenters. The quantitative estimate of drug-likeness (QED) is 0.575. The number of halogens is 1. The number of pyridine rings is 1. The second-order valence-corrected chi connectivity index (χ2v) is 3.29. The lowest BCUT2D eigenvalue weighted by atomic mass is 10.1. The number of rotatable bonds is 2. The zero-order valence-corrected chi connectivity index (χ0v) is 8.74. The van der Waals surface area contributed by atoms with E-state index in [1.807, 2.05) is 0 Å². The lowest BCUT2D eigenvalue weighted by molar-refractivity contribution is 0.0526. The van der Waals surface area contributed by atoms with Gasteiger partial charge < -0.3 is 4.74 Å². The number of hydrogen-bond donors (Lipinski definition) is 0. The third-order valence-electron chi connectivity index (χ3n) is 2.20. The van der Waals surface area contributed by atoms with Crippen molar-refractivity contribution in [1.82, 2.24) is 4.98 Å². The molecule has 0 radical (unpaired) electrons. The molecule has 0 saturated carbocycles. The van der Waals surface area contributed by atoms with Gasteiger partial charge in [-0.1, -0.05) is 6.07 Å². The Bertz CT molecular complexity index is 540. The van der Waals surface area contributed by atoms with Crippen LogP contribution in [0.1, 0.15) is 17.3 Å². The van der Waals surface area contributed by atoms with E-state index in [1.54, 1.807) is 25.1 Å². The Labute approximate surface area is 91.9 Å². The largest absolute Gasteiger partial charge is 0.462 e. The van der Waals surface area contributed by atoms with Gasteiger partial charge in [-0.15, -0.1) is 0 Å². The van der Waals surface area contributed by atoms with Crippen molar-refractivity contribution in [3.8, 4) is 0 Å². The molecule has 1 aromatic heterocycles. The fourth-order valence-electron chi connectivity index (χ4n) is 1.46. The number of nitrogens with zero attached hydrogens (tertiary/aromatic N) is 1. The van der Waals surface area contributed by atoms with Gasteiger partial charge in [0.15, 0.2) is 0 Å². The molecule has 3 nitrogen and oxygen atoms in total. The number of aromatic nitrogens is 1. The summed E-state index contributed by atoms with van der Waals surface area (Å²) in [5.41, 5.74) is 0.417. The molecule has 82 valence electrons. The molecule has 4 heteroatoms. The zero-order chi connectivity index (χ0) is 11.5. The molecule has 0 spiro atoms. The summed E-state index contributed by atoms with van der Waals surface area (Å²) in [5.74, 6) is -0.963. The van der Waals surface area contributed by atoms with Crippen molar-refractivity contribution in [2.24, 2.45) is 0 Å². The summed E-state index contributed by atoms with van der Waals surface area (Å²) in [5, 5.41) is 1.42. The highest BCUT2D eigenvalue weighted by Crippen LogP contribution is 2.16. The molecule has 0 aliphatic carbocycles. The van der Waals surface area contributed by atoms with Crippen LogP contribution in [0.4, 0.5) is 4.39 Å². The van der Waals surface area contributed by atoms with Crippen molar-refractivity contribution < 1.29 is 13.9 Å². The Morgan fingerprint density at radius 1 is 1.38 bits per heavy atom. The van der Waals surface area contributed by atoms with Gasteiger partial charge in [-0.25, -0.2) is 9.78 Å². The Hall–Kier alpha value is -1.97. The highest BCUT2D eigenvalue weighted by molar-refractivity contribution is 5.95. The minimum Gasteiger partial charge on any atom is -0.462 e. The Morgan fingerprint density at radius 3 is 2.94 bits per heavy atom. The van der Waals surface area contributed by atoms with E-state index < -0.39 is 11.9 Å². The van der Waals surface area contributed by atoms with Crippen LogP contribution in [-0.4, -0.2) is 17.6 Å². The number of fused-ring (bicyclic) bond motifs is 1. The first-order chi connectivity index (χ1) is 7.70. The summed E-state index contributed by atoms with van der Waals surface area (Å²) in [4.78, 5) is 15.0. The average molecular weight is 219 g/mol. The lowest BCUT2D eigenvalue weighted by Gasteiger charge is -2.03. The predicted molar refractivity (Wildman–Crippen MR) is 57.7 cm³/mol. The standard InChI is InChI=1S/C12H10FNO2/c1-2-16-12(15)8-3-4-9-7-14-11(13)6-10(9)5-8/h3-7H,2H2,1H3. The number of carbonyl (C=O) groups is 1. The fourth-order valence-corrected chi connectivity index (χ4v) is 1.46. The van der Waals surface area contributed by atoms with E-state index in [2.05, 4.69) is 4.98 Å². The van der Waals surface area contributed by atoms with Gasteiger partial charge >= 0.3 is 5.97 Å². The Morgan fingerprint density at radius 2 is 2.19 bits per heavy atom. The molecule has 16 heavy (non-hydrogen) atoms. The third kappa shape index (κ3) is 2.00. The molecule has 0 aliphatic rings. The van der Waals surface area contributed by atoms with E-state index in [9.17, 15) is 9.18 Å². The topological polar surface area (TPSA) is 39.2 Å².